The summed E-state index contributed by atoms with van der Waals surface area (Å²) in [6, 6.07) is 0. The minimum atomic E-state index is -1.68. The van der Waals surface area contributed by atoms with Gasteiger partial charge >= 0.3 is 17.9 Å². The van der Waals surface area contributed by atoms with Crippen molar-refractivity contribution in [2.75, 3.05) is 19.8 Å². The number of carboxylic acid groups (broad SMARTS) is 3. The van der Waals surface area contributed by atoms with Crippen LogP contribution in [0.25, 0.3) is 0 Å². The molecule has 1 unspecified atom stereocenters. The van der Waals surface area contributed by atoms with E-state index in [2.05, 4.69) is 0 Å². The lowest BCUT2D eigenvalue weighted by atomic mass is 9.55. The first-order valence-corrected chi connectivity index (χ1v) is 8.23. The molecule has 0 spiro atoms. The van der Waals surface area contributed by atoms with Crippen LogP contribution in [-0.4, -0.2) is 68.4 Å². The number of aliphatic hydroxyl groups is 3. The second kappa shape index (κ2) is 11.3. The van der Waals surface area contributed by atoms with E-state index in [4.69, 9.17) is 15.3 Å². The van der Waals surface area contributed by atoms with Crippen LogP contribution in [0.4, 0.5) is 0 Å². The van der Waals surface area contributed by atoms with E-state index in [1.165, 1.54) is 0 Å². The van der Waals surface area contributed by atoms with E-state index in [0.717, 1.165) is 30.4 Å². The molecule has 0 aliphatic rings. The highest BCUT2D eigenvalue weighted by molar-refractivity contribution is 5.82. The average Bonchev–Trinajstić information content (AvgIpc) is 2.61. The lowest BCUT2D eigenvalue weighted by Gasteiger charge is -2.49. The van der Waals surface area contributed by atoms with Crippen LogP contribution < -0.4 is 0 Å². The van der Waals surface area contributed by atoms with Crippen LogP contribution in [0.5, 0.6) is 0 Å². The highest BCUT2D eigenvalue weighted by Crippen LogP contribution is 2.51. The summed E-state index contributed by atoms with van der Waals surface area (Å²) in [7, 11) is 0. The molecule has 0 aromatic heterocycles. The first kappa shape index (κ1) is 24.5. The third-order valence-corrected chi connectivity index (χ3v) is 4.53. The Morgan fingerprint density at radius 2 is 1.22 bits per heavy atom. The zero-order valence-corrected chi connectivity index (χ0v) is 15.0. The van der Waals surface area contributed by atoms with E-state index in [0.29, 0.717) is 12.5 Å². The van der Waals surface area contributed by atoms with Crippen LogP contribution in [0.1, 0.15) is 19.8 Å². The number of rotatable bonds is 13. The van der Waals surface area contributed by atoms with E-state index < -0.39 is 54.5 Å². The minimum Gasteiger partial charge on any atom is -0.478 e. The van der Waals surface area contributed by atoms with Crippen molar-refractivity contribution < 1.29 is 45.0 Å². The van der Waals surface area contributed by atoms with Crippen molar-refractivity contribution in [1.82, 2.24) is 0 Å². The molecule has 0 saturated heterocycles. The first-order valence-electron chi connectivity index (χ1n) is 8.23. The van der Waals surface area contributed by atoms with Gasteiger partial charge in [-0.1, -0.05) is 31.6 Å². The summed E-state index contributed by atoms with van der Waals surface area (Å²) in [6.07, 6.45) is 6.11. The van der Waals surface area contributed by atoms with Crippen LogP contribution in [0.3, 0.4) is 0 Å². The number of aliphatic hydroxyl groups excluding tert-OH is 3. The van der Waals surface area contributed by atoms with Gasteiger partial charge in [-0.2, -0.15) is 0 Å². The molecule has 0 radical (unpaired) electrons. The highest BCUT2D eigenvalue weighted by atomic mass is 16.4. The maximum absolute atomic E-state index is 11.1. The molecular weight excluding hydrogens is 360 g/mol. The molecular formula is C18H26O9. The van der Waals surface area contributed by atoms with E-state index >= 15 is 0 Å². The van der Waals surface area contributed by atoms with Crippen molar-refractivity contribution in [3.05, 3.63) is 36.5 Å². The zero-order valence-electron chi connectivity index (χ0n) is 15.0. The fourth-order valence-corrected chi connectivity index (χ4v) is 3.22. The third-order valence-electron chi connectivity index (χ3n) is 4.53. The average molecular weight is 386 g/mol. The molecule has 0 aliphatic heterocycles. The molecule has 0 heterocycles. The Bertz CT molecular complexity index is 578. The molecule has 0 aromatic carbocycles. The quantitative estimate of drug-likeness (QED) is 0.243. The number of aliphatic carboxylic acids is 3. The normalized spacial score (nSPS) is 16.8. The largest absolute Gasteiger partial charge is 0.478 e. The fourth-order valence-electron chi connectivity index (χ4n) is 3.22. The van der Waals surface area contributed by atoms with Gasteiger partial charge in [0.1, 0.15) is 0 Å². The van der Waals surface area contributed by atoms with Gasteiger partial charge in [0.05, 0.1) is 6.61 Å². The lowest BCUT2D eigenvalue weighted by Crippen LogP contribution is -2.49. The molecule has 0 bridgehead atoms. The molecule has 152 valence electrons. The molecule has 0 saturated carbocycles. The molecule has 0 aromatic rings. The minimum absolute atomic E-state index is 0.113. The molecule has 0 fully saturated rings. The van der Waals surface area contributed by atoms with Gasteiger partial charge < -0.3 is 30.6 Å². The van der Waals surface area contributed by atoms with E-state index in [9.17, 15) is 29.7 Å². The molecule has 1 atom stereocenters. The smallest absolute Gasteiger partial charge is 0.328 e. The van der Waals surface area contributed by atoms with E-state index in [1.807, 2.05) is 0 Å². The van der Waals surface area contributed by atoms with Gasteiger partial charge in [-0.3, -0.25) is 0 Å². The third kappa shape index (κ3) is 6.31. The zero-order chi connectivity index (χ0) is 21.1. The maximum Gasteiger partial charge on any atom is 0.328 e. The second-order valence-electron chi connectivity index (χ2n) is 6.07. The first-order chi connectivity index (χ1) is 12.6. The van der Waals surface area contributed by atoms with Crippen LogP contribution in [0, 0.1) is 16.7 Å². The summed E-state index contributed by atoms with van der Waals surface area (Å²) in [5.74, 6) is -5.13. The van der Waals surface area contributed by atoms with Crippen molar-refractivity contribution in [3.63, 3.8) is 0 Å². The van der Waals surface area contributed by atoms with Crippen LogP contribution >= 0.6 is 0 Å². The number of hydrogen-bond donors (Lipinski definition) is 6. The Morgan fingerprint density at radius 1 is 0.815 bits per heavy atom. The van der Waals surface area contributed by atoms with E-state index in [1.54, 1.807) is 6.92 Å². The van der Waals surface area contributed by atoms with Crippen molar-refractivity contribution >= 4 is 17.9 Å². The van der Waals surface area contributed by atoms with Gasteiger partial charge in [0.15, 0.2) is 0 Å². The predicted molar refractivity (Wildman–Crippen MR) is 94.8 cm³/mol. The summed E-state index contributed by atoms with van der Waals surface area (Å²) < 4.78 is 0. The Hall–Kier alpha value is -2.49. The molecule has 6 N–H and O–H groups in total. The summed E-state index contributed by atoms with van der Waals surface area (Å²) in [5.41, 5.74) is -3.18. The van der Waals surface area contributed by atoms with Gasteiger partial charge in [-0.25, -0.2) is 14.4 Å². The monoisotopic (exact) mass is 386 g/mol. The molecule has 9 nitrogen and oxygen atoms in total. The molecule has 0 amide bonds. The van der Waals surface area contributed by atoms with Gasteiger partial charge in [-0.05, 0) is 6.42 Å². The number of hydrogen-bond acceptors (Lipinski definition) is 6. The van der Waals surface area contributed by atoms with Crippen molar-refractivity contribution in [2.45, 2.75) is 19.8 Å². The molecule has 9 heteroatoms. The van der Waals surface area contributed by atoms with Crippen LogP contribution in [-0.2, 0) is 14.4 Å². The summed E-state index contributed by atoms with van der Waals surface area (Å²) in [5, 5.41) is 56.7. The second-order valence-corrected chi connectivity index (χ2v) is 6.07. The highest BCUT2D eigenvalue weighted by Gasteiger charge is 2.50. The fraction of sp³-hybridized carbons (Fsp3) is 0.500. The van der Waals surface area contributed by atoms with Crippen LogP contribution in [0.15, 0.2) is 36.5 Å². The van der Waals surface area contributed by atoms with Crippen LogP contribution in [0.2, 0.25) is 0 Å². The van der Waals surface area contributed by atoms with Gasteiger partial charge in [0, 0.05) is 48.2 Å². The standard InChI is InChI=1S/C18H26O9/c1-2-6-17(7-3-14(22)23,8-4-15(24)25)18(12-21,9-5-16(26)27)13(10-19)11-20/h3-5,7-9,13,19-21H,2,6,10-12H2,1H3,(H,22,23)(H,24,25)(H,26,27). The Balaban J connectivity index is 6.99. The van der Waals surface area contributed by atoms with Crippen molar-refractivity contribution in [2.24, 2.45) is 16.7 Å². The summed E-state index contributed by atoms with van der Waals surface area (Å²) >= 11 is 0. The number of allylic oxidation sites excluding steroid dienone is 2. The molecule has 0 aliphatic carbocycles. The predicted octanol–water partition coefficient (Wildman–Crippen LogP) is 0.275. The van der Waals surface area contributed by atoms with E-state index in [-0.39, 0.29) is 6.42 Å². The Morgan fingerprint density at radius 3 is 1.52 bits per heavy atom. The maximum atomic E-state index is 11.1. The Kier molecular flexibility index (Phi) is 10.2. The van der Waals surface area contributed by atoms with Gasteiger partial charge in [0.25, 0.3) is 0 Å². The number of carboxylic acids is 3. The lowest BCUT2D eigenvalue weighted by molar-refractivity contribution is -0.132. The van der Waals surface area contributed by atoms with Gasteiger partial charge in [0.2, 0.25) is 0 Å². The number of carbonyl (C=O) groups is 3. The van der Waals surface area contributed by atoms with Gasteiger partial charge in [-0.15, -0.1) is 0 Å². The van der Waals surface area contributed by atoms with Crippen molar-refractivity contribution in [3.8, 4) is 0 Å². The van der Waals surface area contributed by atoms with Crippen molar-refractivity contribution in [1.29, 1.82) is 0 Å². The SMILES string of the molecule is CCCC(C=CC(=O)O)(C=CC(=O)O)C(C=CC(=O)O)(CO)C(CO)CO. The molecule has 0 rings (SSSR count). The topological polar surface area (TPSA) is 173 Å². The molecule has 27 heavy (non-hydrogen) atoms. The summed E-state index contributed by atoms with van der Waals surface area (Å²) in [4.78, 5) is 33.2. The Labute approximate surface area is 156 Å². The summed E-state index contributed by atoms with van der Waals surface area (Å²) in [6.45, 7) is -0.368.